The second kappa shape index (κ2) is 9.36. The molecule has 3 N–H and O–H groups in total. The molecule has 0 aliphatic rings. The minimum atomic E-state index is -1.20. The third kappa shape index (κ3) is 4.23. The van der Waals surface area contributed by atoms with Gasteiger partial charge in [0, 0.05) is 35.6 Å². The summed E-state index contributed by atoms with van der Waals surface area (Å²) in [7, 11) is 4.56. The summed E-state index contributed by atoms with van der Waals surface area (Å²) in [6.45, 7) is -0.0316. The van der Waals surface area contributed by atoms with Gasteiger partial charge in [-0.1, -0.05) is 11.6 Å². The van der Waals surface area contributed by atoms with Crippen molar-refractivity contribution in [2.45, 2.75) is 6.54 Å². The first-order chi connectivity index (χ1) is 16.4. The van der Waals surface area contributed by atoms with Crippen LogP contribution in [0.25, 0.3) is 16.6 Å². The normalized spacial score (nSPS) is 10.8. The number of carboxylic acid groups (broad SMARTS) is 1. The van der Waals surface area contributed by atoms with Crippen molar-refractivity contribution in [2.75, 3.05) is 32.0 Å². The summed E-state index contributed by atoms with van der Waals surface area (Å²) in [5.74, 6) is 1.70. The van der Waals surface area contributed by atoms with Crippen LogP contribution in [-0.4, -0.2) is 47.3 Å². The Morgan fingerprint density at radius 3 is 2.53 bits per heavy atom. The molecular weight excluding hydrogens is 462 g/mol. The average molecular weight is 484 g/mol. The minimum absolute atomic E-state index is 0.0316. The fourth-order valence-electron chi connectivity index (χ4n) is 3.61. The first-order valence-corrected chi connectivity index (χ1v) is 10.4. The molecule has 0 unspecified atom stereocenters. The summed E-state index contributed by atoms with van der Waals surface area (Å²) in [5, 5.41) is 15.4. The number of nitrogens with zero attached hydrogens (tertiary/aromatic N) is 4. The Morgan fingerprint density at radius 1 is 1.09 bits per heavy atom. The van der Waals surface area contributed by atoms with Gasteiger partial charge >= 0.3 is 6.09 Å². The van der Waals surface area contributed by atoms with Gasteiger partial charge in [-0.3, -0.25) is 4.90 Å². The molecule has 0 aliphatic heterocycles. The standard InChI is InChI=1S/C23H22ClN5O5/c1-32-15-6-4-13(19(9-15)33-2)12-28(23(30)31)22-16-11-26-21(24)10-18(16)29(27-22)17-7-5-14(25)8-20(17)34-3/h4-11H,12,25H2,1-3H3,(H,30,31). The number of pyridine rings is 1. The van der Waals surface area contributed by atoms with Crippen molar-refractivity contribution in [3.05, 3.63) is 59.4 Å². The predicted octanol–water partition coefficient (Wildman–Crippen LogP) is 4.37. The van der Waals surface area contributed by atoms with Crippen LogP contribution in [0, 0.1) is 0 Å². The number of nitrogens with two attached hydrogens (primary N) is 1. The van der Waals surface area contributed by atoms with E-state index in [2.05, 4.69) is 10.1 Å². The summed E-state index contributed by atoms with van der Waals surface area (Å²) in [6, 6.07) is 11.9. The molecule has 2 aromatic carbocycles. The lowest BCUT2D eigenvalue weighted by atomic mass is 10.1. The maximum Gasteiger partial charge on any atom is 0.413 e. The molecule has 10 nitrogen and oxygen atoms in total. The predicted molar refractivity (Wildman–Crippen MR) is 129 cm³/mol. The molecule has 0 saturated carbocycles. The van der Waals surface area contributed by atoms with E-state index in [1.165, 1.54) is 20.4 Å². The van der Waals surface area contributed by atoms with E-state index < -0.39 is 6.09 Å². The van der Waals surface area contributed by atoms with Gasteiger partial charge in [-0.25, -0.2) is 14.5 Å². The zero-order valence-electron chi connectivity index (χ0n) is 18.7. The topological polar surface area (TPSA) is 125 Å². The van der Waals surface area contributed by atoms with Gasteiger partial charge < -0.3 is 25.1 Å². The van der Waals surface area contributed by atoms with Crippen molar-refractivity contribution in [2.24, 2.45) is 0 Å². The van der Waals surface area contributed by atoms with Crippen molar-refractivity contribution < 1.29 is 24.1 Å². The highest BCUT2D eigenvalue weighted by atomic mass is 35.5. The monoisotopic (exact) mass is 483 g/mol. The van der Waals surface area contributed by atoms with E-state index in [0.29, 0.717) is 45.1 Å². The Hall–Kier alpha value is -4.18. The number of aromatic nitrogens is 3. The molecule has 0 atom stereocenters. The van der Waals surface area contributed by atoms with E-state index in [1.807, 2.05) is 0 Å². The molecule has 0 bridgehead atoms. The Labute approximate surface area is 200 Å². The van der Waals surface area contributed by atoms with Crippen molar-refractivity contribution in [1.29, 1.82) is 0 Å². The number of rotatable bonds is 7. The SMILES string of the molecule is COc1ccc(CN(C(=O)O)c2nn(-c3ccc(N)cc3OC)c3cc(Cl)ncc23)c(OC)c1. The van der Waals surface area contributed by atoms with Gasteiger partial charge in [0.15, 0.2) is 5.82 Å². The Bertz CT molecular complexity index is 1370. The van der Waals surface area contributed by atoms with E-state index in [4.69, 9.17) is 31.5 Å². The third-order valence-corrected chi connectivity index (χ3v) is 5.46. The fraction of sp³-hybridized carbons (Fsp3) is 0.174. The molecule has 34 heavy (non-hydrogen) atoms. The number of halogens is 1. The second-order valence-electron chi connectivity index (χ2n) is 7.24. The highest BCUT2D eigenvalue weighted by molar-refractivity contribution is 6.30. The van der Waals surface area contributed by atoms with E-state index in [9.17, 15) is 9.90 Å². The van der Waals surface area contributed by atoms with Gasteiger partial charge in [0.05, 0.1) is 38.8 Å². The molecule has 0 aliphatic carbocycles. The summed E-state index contributed by atoms with van der Waals surface area (Å²) in [5.41, 5.74) is 8.14. The van der Waals surface area contributed by atoms with Crippen LogP contribution < -0.4 is 24.8 Å². The third-order valence-electron chi connectivity index (χ3n) is 5.25. The molecule has 0 saturated heterocycles. The number of ether oxygens (including phenoxy) is 3. The van der Waals surface area contributed by atoms with Crippen molar-refractivity contribution >= 4 is 40.1 Å². The van der Waals surface area contributed by atoms with Gasteiger partial charge in [0.1, 0.15) is 28.1 Å². The maximum atomic E-state index is 12.4. The van der Waals surface area contributed by atoms with Crippen molar-refractivity contribution in [3.63, 3.8) is 0 Å². The maximum absolute atomic E-state index is 12.4. The van der Waals surface area contributed by atoms with Gasteiger partial charge in [0.2, 0.25) is 0 Å². The van der Waals surface area contributed by atoms with Gasteiger partial charge in [-0.05, 0) is 24.3 Å². The lowest BCUT2D eigenvalue weighted by Crippen LogP contribution is -2.29. The van der Waals surface area contributed by atoms with Crippen LogP contribution in [-0.2, 0) is 6.54 Å². The van der Waals surface area contributed by atoms with Crippen molar-refractivity contribution in [3.8, 4) is 22.9 Å². The first-order valence-electron chi connectivity index (χ1n) is 10.1. The van der Waals surface area contributed by atoms with Crippen LogP contribution >= 0.6 is 11.6 Å². The van der Waals surface area contributed by atoms with Crippen LogP contribution in [0.5, 0.6) is 17.2 Å². The second-order valence-corrected chi connectivity index (χ2v) is 7.62. The van der Waals surface area contributed by atoms with Gasteiger partial charge in [0.25, 0.3) is 0 Å². The molecule has 2 aromatic heterocycles. The number of amides is 1. The van der Waals surface area contributed by atoms with E-state index in [0.717, 1.165) is 4.90 Å². The van der Waals surface area contributed by atoms with E-state index in [1.54, 1.807) is 54.3 Å². The lowest BCUT2D eigenvalue weighted by molar-refractivity contribution is 0.201. The number of hydrogen-bond acceptors (Lipinski definition) is 7. The van der Waals surface area contributed by atoms with Gasteiger partial charge in [-0.15, -0.1) is 5.10 Å². The molecule has 11 heteroatoms. The van der Waals surface area contributed by atoms with Crippen LogP contribution in [0.4, 0.5) is 16.3 Å². The van der Waals surface area contributed by atoms with E-state index in [-0.39, 0.29) is 17.5 Å². The molecule has 0 fully saturated rings. The lowest BCUT2D eigenvalue weighted by Gasteiger charge is -2.19. The summed E-state index contributed by atoms with van der Waals surface area (Å²) in [6.07, 6.45) is 0.283. The minimum Gasteiger partial charge on any atom is -0.497 e. The van der Waals surface area contributed by atoms with Crippen molar-refractivity contribution in [1.82, 2.24) is 14.8 Å². The smallest absolute Gasteiger partial charge is 0.413 e. The Morgan fingerprint density at radius 2 is 1.85 bits per heavy atom. The zero-order chi connectivity index (χ0) is 24.4. The Balaban J connectivity index is 1.89. The number of methoxy groups -OCH3 is 3. The number of nitrogen functional groups attached to an aromatic ring is 1. The highest BCUT2D eigenvalue weighted by Gasteiger charge is 2.25. The van der Waals surface area contributed by atoms with Crippen LogP contribution in [0.15, 0.2) is 48.7 Å². The Kier molecular flexibility index (Phi) is 6.33. The average Bonchev–Trinajstić information content (AvgIpc) is 3.20. The highest BCUT2D eigenvalue weighted by Crippen LogP contribution is 2.35. The number of carbonyl (C=O) groups is 1. The largest absolute Gasteiger partial charge is 0.497 e. The molecule has 0 spiro atoms. The molecule has 176 valence electrons. The molecule has 4 aromatic rings. The molecule has 0 radical (unpaired) electrons. The van der Waals surface area contributed by atoms with Crippen LogP contribution in [0.2, 0.25) is 5.15 Å². The molecular formula is C23H22ClN5O5. The summed E-state index contributed by atoms with van der Waals surface area (Å²) >= 11 is 6.16. The number of benzene rings is 2. The molecule has 1 amide bonds. The number of hydrogen-bond donors (Lipinski definition) is 2. The summed E-state index contributed by atoms with van der Waals surface area (Å²) in [4.78, 5) is 17.6. The first kappa shape index (κ1) is 23.0. The summed E-state index contributed by atoms with van der Waals surface area (Å²) < 4.78 is 17.7. The zero-order valence-corrected chi connectivity index (χ0v) is 19.4. The van der Waals surface area contributed by atoms with Crippen LogP contribution in [0.3, 0.4) is 0 Å². The number of anilines is 2. The molecule has 2 heterocycles. The van der Waals surface area contributed by atoms with E-state index >= 15 is 0 Å². The molecule has 4 rings (SSSR count). The quantitative estimate of drug-likeness (QED) is 0.293. The van der Waals surface area contributed by atoms with Crippen LogP contribution in [0.1, 0.15) is 5.56 Å². The number of fused-ring (bicyclic) bond motifs is 1. The fourth-order valence-corrected chi connectivity index (χ4v) is 3.76. The van der Waals surface area contributed by atoms with Gasteiger partial charge in [-0.2, -0.15) is 0 Å².